The van der Waals surface area contributed by atoms with Crippen molar-refractivity contribution in [3.63, 3.8) is 0 Å². The molecule has 5 rings (SSSR count). The number of aromatic nitrogens is 2. The van der Waals surface area contributed by atoms with Crippen molar-refractivity contribution >= 4 is 11.8 Å². The fraction of sp³-hybridized carbons (Fsp3) is 0.577. The van der Waals surface area contributed by atoms with Crippen LogP contribution in [0, 0.1) is 11.8 Å². The number of hydrogen-bond donors (Lipinski definition) is 0. The molecule has 3 aliphatic rings. The van der Waals surface area contributed by atoms with Crippen molar-refractivity contribution in [3.05, 3.63) is 47.8 Å². The molecule has 1 aromatic carbocycles. The highest BCUT2D eigenvalue weighted by molar-refractivity contribution is 5.93. The van der Waals surface area contributed by atoms with E-state index >= 15 is 0 Å². The topological polar surface area (TPSA) is 61.7 Å². The lowest BCUT2D eigenvalue weighted by Crippen LogP contribution is -2.53. The van der Waals surface area contributed by atoms with Gasteiger partial charge in [0.15, 0.2) is 0 Å². The van der Waals surface area contributed by atoms with E-state index in [-0.39, 0.29) is 11.8 Å². The zero-order chi connectivity index (χ0) is 22.9. The predicted octanol–water partition coefficient (Wildman–Crippen LogP) is 3.01. The van der Waals surface area contributed by atoms with Gasteiger partial charge in [-0.2, -0.15) is 5.10 Å². The molecule has 2 atom stereocenters. The zero-order valence-corrected chi connectivity index (χ0v) is 19.8. The van der Waals surface area contributed by atoms with Gasteiger partial charge in [0.05, 0.1) is 17.9 Å². The highest BCUT2D eigenvalue weighted by Crippen LogP contribution is 2.40. The first-order valence-electron chi connectivity index (χ1n) is 12.4. The number of hydrogen-bond acceptors (Lipinski definition) is 4. The van der Waals surface area contributed by atoms with Crippen molar-refractivity contribution in [3.8, 4) is 5.69 Å². The van der Waals surface area contributed by atoms with Crippen LogP contribution >= 0.6 is 0 Å². The summed E-state index contributed by atoms with van der Waals surface area (Å²) in [6.45, 7) is 9.38. The minimum absolute atomic E-state index is 0.0305. The van der Waals surface area contributed by atoms with Crippen molar-refractivity contribution in [1.29, 1.82) is 0 Å². The fourth-order valence-electron chi connectivity index (χ4n) is 5.33. The average Bonchev–Trinajstić information content (AvgIpc) is 3.57. The Labute approximate surface area is 196 Å². The number of carbonyl (C=O) groups excluding carboxylic acids is 2. The molecule has 0 bridgehead atoms. The van der Waals surface area contributed by atoms with Gasteiger partial charge in [-0.05, 0) is 49.3 Å². The standard InChI is InChI=1S/C26H35N5O2/c1-19-14-20(2)17-30(16-19)25(32)18-28-10-12-29(13-11-28)26(33)24-15-23(21-8-9-21)27-31(24)22-6-4-3-5-7-22/h3-7,15,19-21H,8-14,16-18H2,1-2H3/t19-,20-/m0/s1. The molecule has 0 N–H and O–H groups in total. The molecule has 1 aliphatic carbocycles. The summed E-state index contributed by atoms with van der Waals surface area (Å²) in [7, 11) is 0. The molecule has 7 nitrogen and oxygen atoms in total. The van der Waals surface area contributed by atoms with Crippen LogP contribution in [0.25, 0.3) is 5.69 Å². The Morgan fingerprint density at radius 1 is 0.939 bits per heavy atom. The van der Waals surface area contributed by atoms with Crippen LogP contribution in [0.15, 0.2) is 36.4 Å². The van der Waals surface area contributed by atoms with Crippen LogP contribution < -0.4 is 0 Å². The third-order valence-corrected chi connectivity index (χ3v) is 7.18. The third kappa shape index (κ3) is 4.98. The first-order chi connectivity index (χ1) is 16.0. The summed E-state index contributed by atoms with van der Waals surface area (Å²) in [4.78, 5) is 32.5. The normalized spacial score (nSPS) is 24.2. The first kappa shape index (κ1) is 22.1. The van der Waals surface area contributed by atoms with Crippen molar-refractivity contribution in [1.82, 2.24) is 24.5 Å². The molecule has 2 amide bonds. The van der Waals surface area contributed by atoms with E-state index in [2.05, 4.69) is 18.7 Å². The maximum Gasteiger partial charge on any atom is 0.272 e. The molecule has 33 heavy (non-hydrogen) atoms. The number of para-hydroxylation sites is 1. The monoisotopic (exact) mass is 449 g/mol. The van der Waals surface area contributed by atoms with Gasteiger partial charge in [-0.25, -0.2) is 4.68 Å². The number of amides is 2. The molecule has 0 unspecified atom stereocenters. The summed E-state index contributed by atoms with van der Waals surface area (Å²) in [5.41, 5.74) is 2.59. The van der Waals surface area contributed by atoms with Crippen LogP contribution in [-0.4, -0.2) is 82.1 Å². The average molecular weight is 450 g/mol. The molecule has 2 saturated heterocycles. The lowest BCUT2D eigenvalue weighted by atomic mass is 9.92. The molecule has 176 valence electrons. The van der Waals surface area contributed by atoms with E-state index in [0.717, 1.165) is 50.4 Å². The highest BCUT2D eigenvalue weighted by Gasteiger charge is 2.32. The minimum Gasteiger partial charge on any atom is -0.341 e. The van der Waals surface area contributed by atoms with Gasteiger partial charge in [-0.1, -0.05) is 32.0 Å². The fourth-order valence-corrected chi connectivity index (χ4v) is 5.33. The van der Waals surface area contributed by atoms with Gasteiger partial charge in [0.2, 0.25) is 5.91 Å². The van der Waals surface area contributed by atoms with Crippen molar-refractivity contribution in [2.75, 3.05) is 45.8 Å². The Morgan fingerprint density at radius 3 is 2.24 bits per heavy atom. The second kappa shape index (κ2) is 9.29. The molecule has 3 heterocycles. The Balaban J connectivity index is 1.22. The summed E-state index contributed by atoms with van der Waals surface area (Å²) < 4.78 is 1.81. The van der Waals surface area contributed by atoms with Gasteiger partial charge >= 0.3 is 0 Å². The molecule has 2 aliphatic heterocycles. The SMILES string of the molecule is C[C@H]1C[C@H](C)CN(C(=O)CN2CCN(C(=O)c3cc(C4CC4)nn3-c3ccccc3)CC2)C1. The molecular formula is C26H35N5O2. The molecule has 7 heteroatoms. The summed E-state index contributed by atoms with van der Waals surface area (Å²) >= 11 is 0. The highest BCUT2D eigenvalue weighted by atomic mass is 16.2. The Morgan fingerprint density at radius 2 is 1.61 bits per heavy atom. The Kier molecular flexibility index (Phi) is 6.23. The van der Waals surface area contributed by atoms with Gasteiger partial charge < -0.3 is 9.80 Å². The molecular weight excluding hydrogens is 414 g/mol. The lowest BCUT2D eigenvalue weighted by Gasteiger charge is -2.38. The van der Waals surface area contributed by atoms with E-state index in [1.54, 1.807) is 0 Å². The number of nitrogens with zero attached hydrogens (tertiary/aromatic N) is 5. The number of carbonyl (C=O) groups is 2. The molecule has 0 radical (unpaired) electrons. The minimum atomic E-state index is 0.0305. The molecule has 1 aromatic heterocycles. The summed E-state index contributed by atoms with van der Waals surface area (Å²) in [6.07, 6.45) is 3.51. The van der Waals surface area contributed by atoms with Gasteiger partial charge in [-0.15, -0.1) is 0 Å². The number of piperidine rings is 1. The van der Waals surface area contributed by atoms with Crippen molar-refractivity contribution in [2.24, 2.45) is 11.8 Å². The van der Waals surface area contributed by atoms with Crippen LogP contribution in [0.2, 0.25) is 0 Å². The van der Waals surface area contributed by atoms with Crippen LogP contribution in [0.3, 0.4) is 0 Å². The zero-order valence-electron chi connectivity index (χ0n) is 19.8. The summed E-state index contributed by atoms with van der Waals surface area (Å²) in [5, 5.41) is 4.79. The van der Waals surface area contributed by atoms with Crippen molar-refractivity contribution in [2.45, 2.75) is 39.0 Å². The third-order valence-electron chi connectivity index (χ3n) is 7.18. The van der Waals surface area contributed by atoms with E-state index in [1.165, 1.54) is 6.42 Å². The van der Waals surface area contributed by atoms with Crippen LogP contribution in [-0.2, 0) is 4.79 Å². The molecule has 3 fully saturated rings. The van der Waals surface area contributed by atoms with E-state index in [4.69, 9.17) is 5.10 Å². The van der Waals surface area contributed by atoms with Gasteiger partial charge in [0.1, 0.15) is 5.69 Å². The van der Waals surface area contributed by atoms with E-state index in [0.29, 0.717) is 43.1 Å². The Bertz CT molecular complexity index is 981. The smallest absolute Gasteiger partial charge is 0.272 e. The molecule has 1 saturated carbocycles. The second-order valence-electron chi connectivity index (χ2n) is 10.3. The van der Waals surface area contributed by atoms with Crippen LogP contribution in [0.1, 0.15) is 55.2 Å². The summed E-state index contributed by atoms with van der Waals surface area (Å²) in [6, 6.07) is 11.9. The number of benzene rings is 1. The maximum atomic E-state index is 13.5. The molecule has 0 spiro atoms. The van der Waals surface area contributed by atoms with Crippen molar-refractivity contribution < 1.29 is 9.59 Å². The van der Waals surface area contributed by atoms with E-state index in [9.17, 15) is 9.59 Å². The second-order valence-corrected chi connectivity index (χ2v) is 10.3. The predicted molar refractivity (Wildman–Crippen MR) is 127 cm³/mol. The quantitative estimate of drug-likeness (QED) is 0.704. The lowest BCUT2D eigenvalue weighted by molar-refractivity contribution is -0.135. The summed E-state index contributed by atoms with van der Waals surface area (Å²) in [5.74, 6) is 1.89. The number of rotatable bonds is 5. The number of piperazine rings is 1. The Hall–Kier alpha value is -2.67. The van der Waals surface area contributed by atoms with E-state index in [1.807, 2.05) is 50.9 Å². The number of likely N-dealkylation sites (tertiary alicyclic amines) is 1. The van der Waals surface area contributed by atoms with Crippen LogP contribution in [0.4, 0.5) is 0 Å². The molecule has 2 aromatic rings. The van der Waals surface area contributed by atoms with Gasteiger partial charge in [0, 0.05) is 45.2 Å². The van der Waals surface area contributed by atoms with Gasteiger partial charge in [0.25, 0.3) is 5.91 Å². The largest absolute Gasteiger partial charge is 0.341 e. The maximum absolute atomic E-state index is 13.5. The van der Waals surface area contributed by atoms with Gasteiger partial charge in [-0.3, -0.25) is 14.5 Å². The van der Waals surface area contributed by atoms with Crippen LogP contribution in [0.5, 0.6) is 0 Å². The van der Waals surface area contributed by atoms with E-state index < -0.39 is 0 Å². The first-order valence-corrected chi connectivity index (χ1v) is 12.4.